The average Bonchev–Trinajstić information content (AvgIpc) is 3.40. The van der Waals surface area contributed by atoms with E-state index in [1.807, 2.05) is 37.3 Å². The van der Waals surface area contributed by atoms with E-state index in [9.17, 15) is 4.79 Å². The molecule has 0 aliphatic heterocycles. The Balaban J connectivity index is 1.55. The largest absolute Gasteiger partial charge is 0.390 e. The third-order valence-corrected chi connectivity index (χ3v) is 4.32. The number of aryl methyl sites for hydroxylation is 1. The number of nitrogens with two attached hydrogens (primary N) is 1. The van der Waals surface area contributed by atoms with Crippen molar-refractivity contribution in [3.8, 4) is 11.4 Å². The first kappa shape index (κ1) is 19.0. The van der Waals surface area contributed by atoms with Crippen LogP contribution in [0.25, 0.3) is 17.0 Å². The molecule has 0 aliphatic carbocycles. The fourth-order valence-corrected chi connectivity index (χ4v) is 2.82. The summed E-state index contributed by atoms with van der Waals surface area (Å²) >= 11 is 0. The van der Waals surface area contributed by atoms with Crippen molar-refractivity contribution in [2.24, 2.45) is 15.7 Å². The number of hydrogen-bond donors (Lipinski definition) is 2. The van der Waals surface area contributed by atoms with Crippen LogP contribution in [-0.2, 0) is 6.54 Å². The molecule has 150 valence electrons. The van der Waals surface area contributed by atoms with E-state index in [4.69, 9.17) is 10.3 Å². The molecule has 0 atom stereocenters. The lowest BCUT2D eigenvalue weighted by Gasteiger charge is -2.09. The third-order valence-electron chi connectivity index (χ3n) is 4.32. The number of aliphatic imine (C=N–C) groups is 2. The Morgan fingerprint density at radius 2 is 2.23 bits per heavy atom. The van der Waals surface area contributed by atoms with Crippen LogP contribution in [0.15, 0.2) is 63.3 Å². The van der Waals surface area contributed by atoms with Gasteiger partial charge in [-0.05, 0) is 30.7 Å². The van der Waals surface area contributed by atoms with Gasteiger partial charge in [0.05, 0.1) is 12.5 Å². The molecule has 0 bridgehead atoms. The number of nitrogens with zero attached hydrogens (tertiary/aromatic N) is 6. The summed E-state index contributed by atoms with van der Waals surface area (Å²) in [5.74, 6) is 0.468. The van der Waals surface area contributed by atoms with E-state index < -0.39 is 0 Å². The lowest BCUT2D eigenvalue weighted by atomic mass is 10.1. The van der Waals surface area contributed by atoms with Crippen molar-refractivity contribution in [3.05, 3.63) is 65.9 Å². The molecule has 10 heteroatoms. The zero-order chi connectivity index (χ0) is 20.9. The van der Waals surface area contributed by atoms with Gasteiger partial charge in [0.25, 0.3) is 5.91 Å². The van der Waals surface area contributed by atoms with Gasteiger partial charge in [0.2, 0.25) is 11.7 Å². The van der Waals surface area contributed by atoms with Crippen LogP contribution >= 0.6 is 0 Å². The molecule has 4 aromatic rings. The van der Waals surface area contributed by atoms with Crippen LogP contribution in [0.5, 0.6) is 0 Å². The van der Waals surface area contributed by atoms with Gasteiger partial charge < -0.3 is 15.6 Å². The van der Waals surface area contributed by atoms with E-state index in [0.29, 0.717) is 34.3 Å². The molecule has 1 amide bonds. The highest BCUT2D eigenvalue weighted by atomic mass is 16.5. The van der Waals surface area contributed by atoms with Crippen molar-refractivity contribution in [2.75, 3.05) is 5.32 Å². The van der Waals surface area contributed by atoms with Crippen molar-refractivity contribution in [1.82, 2.24) is 19.5 Å². The van der Waals surface area contributed by atoms with Crippen LogP contribution in [0.3, 0.4) is 0 Å². The second kappa shape index (κ2) is 8.35. The lowest BCUT2D eigenvalue weighted by Crippen LogP contribution is -2.15. The average molecular weight is 402 g/mol. The highest BCUT2D eigenvalue weighted by Crippen LogP contribution is 2.24. The van der Waals surface area contributed by atoms with Gasteiger partial charge in [0.15, 0.2) is 0 Å². The number of amides is 1. The summed E-state index contributed by atoms with van der Waals surface area (Å²) in [4.78, 5) is 29.0. The highest BCUT2D eigenvalue weighted by Gasteiger charge is 2.15. The maximum Gasteiger partial charge on any atom is 0.274 e. The van der Waals surface area contributed by atoms with Gasteiger partial charge in [-0.3, -0.25) is 14.2 Å². The van der Waals surface area contributed by atoms with Crippen molar-refractivity contribution in [1.29, 1.82) is 0 Å². The van der Waals surface area contributed by atoms with Gasteiger partial charge in [0.1, 0.15) is 24.2 Å². The summed E-state index contributed by atoms with van der Waals surface area (Å²) in [6.45, 7) is 2.09. The molecule has 0 saturated heterocycles. The second-order valence-electron chi connectivity index (χ2n) is 6.32. The maximum absolute atomic E-state index is 12.8. The zero-order valence-corrected chi connectivity index (χ0v) is 16.1. The number of pyridine rings is 1. The normalized spacial score (nSPS) is 11.6. The quantitative estimate of drug-likeness (QED) is 0.375. The smallest absolute Gasteiger partial charge is 0.274 e. The summed E-state index contributed by atoms with van der Waals surface area (Å²) < 4.78 is 6.93. The number of anilines is 1. The summed E-state index contributed by atoms with van der Waals surface area (Å²) in [6.07, 6.45) is 5.79. The molecule has 3 heterocycles. The van der Waals surface area contributed by atoms with Crippen molar-refractivity contribution in [2.45, 2.75) is 13.5 Å². The minimum Gasteiger partial charge on any atom is -0.390 e. The van der Waals surface area contributed by atoms with Gasteiger partial charge in [-0.1, -0.05) is 23.4 Å². The Labute approximate surface area is 171 Å². The van der Waals surface area contributed by atoms with E-state index in [2.05, 4.69) is 30.4 Å². The molecular formula is C20H18N8O2. The monoisotopic (exact) mass is 402 g/mol. The zero-order valence-electron chi connectivity index (χ0n) is 16.1. The minimum atomic E-state index is -0.266. The van der Waals surface area contributed by atoms with E-state index in [0.717, 1.165) is 11.9 Å². The van der Waals surface area contributed by atoms with E-state index in [1.54, 1.807) is 22.9 Å². The third kappa shape index (κ3) is 3.92. The topological polar surface area (TPSA) is 136 Å². The predicted octanol–water partition coefficient (Wildman–Crippen LogP) is 2.46. The molecule has 0 radical (unpaired) electrons. The van der Waals surface area contributed by atoms with Crippen LogP contribution < -0.4 is 11.1 Å². The molecule has 0 fully saturated rings. The van der Waals surface area contributed by atoms with Crippen molar-refractivity contribution < 1.29 is 9.32 Å². The molecule has 0 saturated carbocycles. The Morgan fingerprint density at radius 1 is 1.33 bits per heavy atom. The first-order valence-electron chi connectivity index (χ1n) is 9.04. The minimum absolute atomic E-state index is 0.189. The number of carbonyl (C=O) groups excluding carboxylic acids is 1. The van der Waals surface area contributed by atoms with Crippen LogP contribution in [0.4, 0.5) is 5.69 Å². The Morgan fingerprint density at radius 3 is 3.10 bits per heavy atom. The van der Waals surface area contributed by atoms with Crippen LogP contribution in [0.1, 0.15) is 21.9 Å². The number of hydrogen-bond acceptors (Lipinski definition) is 6. The van der Waals surface area contributed by atoms with Gasteiger partial charge in [-0.15, -0.1) is 0 Å². The molecule has 10 nitrogen and oxygen atoms in total. The number of benzene rings is 1. The molecule has 1 aromatic carbocycles. The van der Waals surface area contributed by atoms with Crippen molar-refractivity contribution in [3.63, 3.8) is 0 Å². The fourth-order valence-electron chi connectivity index (χ4n) is 2.82. The summed E-state index contributed by atoms with van der Waals surface area (Å²) in [6, 6.07) is 11.1. The summed E-state index contributed by atoms with van der Waals surface area (Å²) in [7, 11) is 0. The molecule has 3 N–H and O–H groups in total. The Kier molecular flexibility index (Phi) is 5.29. The molecule has 0 spiro atoms. The van der Waals surface area contributed by atoms with Crippen molar-refractivity contribution >= 4 is 29.9 Å². The Bertz CT molecular complexity index is 1250. The van der Waals surface area contributed by atoms with E-state index in [1.165, 1.54) is 6.34 Å². The van der Waals surface area contributed by atoms with Crippen LogP contribution in [-0.4, -0.2) is 38.1 Å². The molecule has 0 aliphatic rings. The molecular weight excluding hydrogens is 384 g/mol. The highest BCUT2D eigenvalue weighted by molar-refractivity contribution is 6.04. The number of aromatic nitrogens is 4. The van der Waals surface area contributed by atoms with Crippen LogP contribution in [0, 0.1) is 6.92 Å². The van der Waals surface area contributed by atoms with Gasteiger partial charge in [0, 0.05) is 17.4 Å². The molecule has 0 unspecified atom stereocenters. The lowest BCUT2D eigenvalue weighted by molar-refractivity contribution is 0.102. The number of fused-ring (bicyclic) bond motifs is 1. The number of carbonyl (C=O) groups is 1. The second-order valence-corrected chi connectivity index (χ2v) is 6.32. The number of imidazole rings is 1. The summed E-state index contributed by atoms with van der Waals surface area (Å²) in [5.41, 5.74) is 8.52. The van der Waals surface area contributed by atoms with E-state index >= 15 is 0 Å². The Hall–Kier alpha value is -4.34. The van der Waals surface area contributed by atoms with E-state index in [-0.39, 0.29) is 12.5 Å². The fraction of sp³-hybridized carbons (Fsp3) is 0.100. The SMILES string of the molecule is Cc1ccc(-c2noc(CN=CN=CN)n2)cc1NC(=O)c1cnc2ccccn12. The number of rotatable bonds is 6. The molecule has 3 aromatic heterocycles. The van der Waals surface area contributed by atoms with Gasteiger partial charge in [-0.2, -0.15) is 4.98 Å². The first-order chi connectivity index (χ1) is 14.7. The standard InChI is InChI=1S/C20H18N8O2/c1-13-5-6-14(19-26-18(30-27-19)10-22-12-23-11-21)8-15(13)25-20(29)16-9-24-17-4-2-3-7-28(16)17/h2-9,11-12H,10H2,1H3,(H,25,29)(H2,21,22,23). The molecule has 30 heavy (non-hydrogen) atoms. The van der Waals surface area contributed by atoms with Gasteiger partial charge in [-0.25, -0.2) is 9.98 Å². The number of nitrogens with one attached hydrogen (secondary N) is 1. The molecule has 4 rings (SSSR count). The van der Waals surface area contributed by atoms with Crippen LogP contribution in [0.2, 0.25) is 0 Å². The predicted molar refractivity (Wildman–Crippen MR) is 112 cm³/mol. The van der Waals surface area contributed by atoms with Gasteiger partial charge >= 0.3 is 0 Å². The summed E-state index contributed by atoms with van der Waals surface area (Å²) in [5, 5.41) is 6.91. The first-order valence-corrected chi connectivity index (χ1v) is 9.04. The maximum atomic E-state index is 12.8.